The standard InChI is InChI=1S/C24H28F3NO3.C17H11F3O3.C10H7F3O2.C8H10O2/c1-13-6-20(29)23(21(7-13)31-4)17(16-8-18(25)24(27)19(26)9-16)10-22(30)28-11-14(2)5-15(3)12-28;1-8-3-13(22-2)16-10(7-15(21)23-14(16)4-8)9-5-11(18)17(20)12(19)6-9;1-15-9(14)3-2-6-4-7(11)10(13)8(12)5-6;1-6-3-7(9)5-8(4-6)10-2/h6-9,14-15,17,29H,5,10-12H2,1-4H3;3-7H,1-2H3;2-5H,1H3;3-5,9H,1-2H3/b;;3-2+;. The average Bonchev–Trinajstić information content (AvgIpc) is 3.45. The molecule has 2 N–H and O–H groups in total. The molecule has 3 atom stereocenters. The van der Waals surface area contributed by atoms with Gasteiger partial charge in [-0.1, -0.05) is 13.8 Å². The lowest BCUT2D eigenvalue weighted by molar-refractivity contribution is -0.135. The molecule has 420 valence electrons. The van der Waals surface area contributed by atoms with Crippen LogP contribution in [0.2, 0.25) is 0 Å². The minimum atomic E-state index is -1.58. The van der Waals surface area contributed by atoms with Crippen molar-refractivity contribution < 1.29 is 82.7 Å². The van der Waals surface area contributed by atoms with Gasteiger partial charge in [-0.2, -0.15) is 0 Å². The molecule has 11 nitrogen and oxygen atoms in total. The SMILES string of the molecule is COC(=O)/C=C/c1cc(F)c(F)c(F)c1.COc1cc(C)cc(O)c1.COc1cc(C)cc(O)c1C(CC(=O)N1CC(C)CC(C)C1)c1cc(F)c(F)c(F)c1.COc1cc(C)cc2oc(=O)cc(-c3cc(F)c(F)c(F)c3)c12. The maximum absolute atomic E-state index is 14.1. The number of hydrogen-bond acceptors (Lipinski definition) is 10. The summed E-state index contributed by atoms with van der Waals surface area (Å²) in [6, 6.07) is 17.6. The minimum Gasteiger partial charge on any atom is -0.508 e. The Kier molecular flexibility index (Phi) is 21.2. The van der Waals surface area contributed by atoms with Crippen molar-refractivity contribution in [1.82, 2.24) is 4.90 Å². The fraction of sp³-hybridized carbons (Fsp3) is 0.271. The van der Waals surface area contributed by atoms with E-state index in [9.17, 15) is 59.0 Å². The number of piperidine rings is 1. The molecule has 1 aliphatic rings. The fourth-order valence-electron chi connectivity index (χ4n) is 8.84. The predicted molar refractivity (Wildman–Crippen MR) is 278 cm³/mol. The number of rotatable bonds is 10. The van der Waals surface area contributed by atoms with Gasteiger partial charge in [0.25, 0.3) is 0 Å². The number of nitrogens with zero attached hydrogens (tertiary/aromatic N) is 1. The molecule has 20 heteroatoms. The number of likely N-dealkylation sites (tertiary alicyclic amines) is 1. The van der Waals surface area contributed by atoms with Crippen LogP contribution < -0.4 is 19.8 Å². The van der Waals surface area contributed by atoms with Crippen molar-refractivity contribution in [2.24, 2.45) is 11.8 Å². The van der Waals surface area contributed by atoms with Crippen molar-refractivity contribution in [2.75, 3.05) is 41.5 Å². The zero-order chi connectivity index (χ0) is 58.6. The number of halogens is 9. The first-order valence-electron chi connectivity index (χ1n) is 24.1. The molecule has 79 heavy (non-hydrogen) atoms. The van der Waals surface area contributed by atoms with Gasteiger partial charge in [0.15, 0.2) is 52.4 Å². The van der Waals surface area contributed by atoms with Gasteiger partial charge in [-0.15, -0.1) is 0 Å². The smallest absolute Gasteiger partial charge is 0.336 e. The lowest BCUT2D eigenvalue weighted by atomic mass is 9.85. The second-order valence-electron chi connectivity index (χ2n) is 18.6. The van der Waals surface area contributed by atoms with Gasteiger partial charge < -0.3 is 38.5 Å². The van der Waals surface area contributed by atoms with Gasteiger partial charge >= 0.3 is 11.6 Å². The molecule has 0 saturated carbocycles. The Labute approximate surface area is 449 Å². The maximum atomic E-state index is 14.1. The molecular weight excluding hydrogens is 1050 g/mol. The lowest BCUT2D eigenvalue weighted by Crippen LogP contribution is -2.43. The molecule has 0 aliphatic carbocycles. The predicted octanol–water partition coefficient (Wildman–Crippen LogP) is 13.3. The van der Waals surface area contributed by atoms with Crippen molar-refractivity contribution in [3.63, 3.8) is 0 Å². The number of carbonyl (C=O) groups excluding carboxylic acids is 2. The van der Waals surface area contributed by atoms with Crippen molar-refractivity contribution in [3.05, 3.63) is 187 Å². The van der Waals surface area contributed by atoms with Crippen LogP contribution in [-0.2, 0) is 14.3 Å². The number of fused-ring (bicyclic) bond motifs is 1. The first kappa shape index (κ1) is 61.4. The Morgan fingerprint density at radius 3 is 1.67 bits per heavy atom. The molecule has 1 saturated heterocycles. The van der Waals surface area contributed by atoms with E-state index in [1.54, 1.807) is 56.2 Å². The third kappa shape index (κ3) is 16.1. The normalized spacial score (nSPS) is 14.2. The highest BCUT2D eigenvalue weighted by Crippen LogP contribution is 2.43. The van der Waals surface area contributed by atoms with E-state index in [2.05, 4.69) is 18.6 Å². The summed E-state index contributed by atoms with van der Waals surface area (Å²) in [6.45, 7) is 10.8. The number of aryl methyl sites for hydroxylation is 3. The molecule has 1 aromatic heterocycles. The van der Waals surface area contributed by atoms with Gasteiger partial charge in [-0.3, -0.25) is 4.79 Å². The van der Waals surface area contributed by atoms with Crippen LogP contribution in [-0.4, -0.2) is 68.5 Å². The molecule has 7 aromatic rings. The van der Waals surface area contributed by atoms with Crippen LogP contribution in [0.3, 0.4) is 0 Å². The highest BCUT2D eigenvalue weighted by atomic mass is 19.2. The van der Waals surface area contributed by atoms with Crippen molar-refractivity contribution in [2.45, 2.75) is 53.4 Å². The number of ether oxygens (including phenoxy) is 4. The largest absolute Gasteiger partial charge is 0.508 e. The van der Waals surface area contributed by atoms with E-state index >= 15 is 0 Å². The van der Waals surface area contributed by atoms with E-state index in [4.69, 9.17) is 23.7 Å². The van der Waals surface area contributed by atoms with Gasteiger partial charge in [-0.25, -0.2) is 49.1 Å². The third-order valence-electron chi connectivity index (χ3n) is 12.2. The summed E-state index contributed by atoms with van der Waals surface area (Å²) in [5, 5.41) is 20.1. The second kappa shape index (κ2) is 27.3. The highest BCUT2D eigenvalue weighted by Gasteiger charge is 2.32. The quantitative estimate of drug-likeness (QED) is 0.0446. The van der Waals surface area contributed by atoms with E-state index in [1.165, 1.54) is 27.4 Å². The van der Waals surface area contributed by atoms with E-state index < -0.39 is 69.9 Å². The van der Waals surface area contributed by atoms with Crippen LogP contribution in [0.5, 0.6) is 28.7 Å². The van der Waals surface area contributed by atoms with Gasteiger partial charge in [0.2, 0.25) is 5.91 Å². The van der Waals surface area contributed by atoms with Crippen LogP contribution in [0.4, 0.5) is 39.5 Å². The summed E-state index contributed by atoms with van der Waals surface area (Å²) in [7, 11) is 5.58. The molecular formula is C59H56F9NO10. The minimum absolute atomic E-state index is 0.0152. The Hall–Kier alpha value is -8.42. The Morgan fingerprint density at radius 2 is 1.15 bits per heavy atom. The van der Waals surface area contributed by atoms with Gasteiger partial charge in [0.05, 0.1) is 33.8 Å². The Bertz CT molecular complexity index is 3340. The molecule has 2 heterocycles. The van der Waals surface area contributed by atoms with Crippen LogP contribution in [0.15, 0.2) is 100 Å². The molecule has 8 rings (SSSR count). The van der Waals surface area contributed by atoms with Gasteiger partial charge in [0, 0.05) is 54.8 Å². The zero-order valence-electron chi connectivity index (χ0n) is 44.3. The molecule has 6 aromatic carbocycles. The molecule has 0 bridgehead atoms. The average molecular weight is 1110 g/mol. The highest BCUT2D eigenvalue weighted by molar-refractivity contribution is 5.98. The zero-order valence-corrected chi connectivity index (χ0v) is 44.3. The van der Waals surface area contributed by atoms with E-state index in [-0.39, 0.29) is 57.2 Å². The number of hydrogen-bond donors (Lipinski definition) is 2. The number of amides is 1. The molecule has 1 aliphatic heterocycles. The van der Waals surface area contributed by atoms with Crippen LogP contribution in [0, 0.1) is 85.0 Å². The summed E-state index contributed by atoms with van der Waals surface area (Å²) in [4.78, 5) is 37.4. The van der Waals surface area contributed by atoms with Gasteiger partial charge in [0.1, 0.15) is 34.3 Å². The fourth-order valence-corrected chi connectivity index (χ4v) is 8.84. The van der Waals surface area contributed by atoms with Crippen molar-refractivity contribution in [1.29, 1.82) is 0 Å². The van der Waals surface area contributed by atoms with Crippen molar-refractivity contribution in [3.8, 4) is 39.9 Å². The number of methoxy groups -OCH3 is 4. The third-order valence-corrected chi connectivity index (χ3v) is 12.2. The maximum Gasteiger partial charge on any atom is 0.336 e. The Balaban J connectivity index is 0.000000209. The summed E-state index contributed by atoms with van der Waals surface area (Å²) >= 11 is 0. The summed E-state index contributed by atoms with van der Waals surface area (Å²) in [5.74, 6) is -12.3. The molecule has 0 spiro atoms. The number of benzene rings is 6. The van der Waals surface area contributed by atoms with E-state index in [0.717, 1.165) is 77.7 Å². The van der Waals surface area contributed by atoms with Crippen LogP contribution in [0.25, 0.3) is 28.2 Å². The molecule has 1 amide bonds. The van der Waals surface area contributed by atoms with Crippen molar-refractivity contribution >= 4 is 28.9 Å². The number of phenols is 2. The monoisotopic (exact) mass is 1110 g/mol. The summed E-state index contributed by atoms with van der Waals surface area (Å²) in [5.41, 5.74) is 2.58. The first-order valence-corrected chi connectivity index (χ1v) is 24.1. The molecule has 3 unspecified atom stereocenters. The van der Waals surface area contributed by atoms with Crippen LogP contribution in [0.1, 0.15) is 66.0 Å². The van der Waals surface area contributed by atoms with E-state index in [0.29, 0.717) is 47.6 Å². The summed E-state index contributed by atoms with van der Waals surface area (Å²) < 4.78 is 145. The van der Waals surface area contributed by atoms with E-state index in [1.807, 2.05) is 13.0 Å². The van der Waals surface area contributed by atoms with Crippen LogP contribution >= 0.6 is 0 Å². The number of esters is 1. The van der Waals surface area contributed by atoms with Gasteiger partial charge in [-0.05, 0) is 151 Å². The Morgan fingerprint density at radius 1 is 0.646 bits per heavy atom. The lowest BCUT2D eigenvalue weighted by Gasteiger charge is -2.36. The first-order chi connectivity index (χ1) is 37.3. The number of aromatic hydroxyl groups is 2. The topological polar surface area (TPSA) is 145 Å². The number of phenolic OH excluding ortho intramolecular Hbond substituents is 2. The molecule has 0 radical (unpaired) electrons. The molecule has 1 fully saturated rings. The number of carbonyl (C=O) groups is 2. The second-order valence-corrected chi connectivity index (χ2v) is 18.6. The summed E-state index contributed by atoms with van der Waals surface area (Å²) in [6.07, 6.45) is 2.98.